The van der Waals surface area contributed by atoms with Crippen molar-refractivity contribution in [2.45, 2.75) is 52.4 Å². The third-order valence-electron chi connectivity index (χ3n) is 4.88. The van der Waals surface area contributed by atoms with Crippen molar-refractivity contribution in [1.82, 2.24) is 14.5 Å². The average Bonchev–Trinajstić information content (AvgIpc) is 3.32. The van der Waals surface area contributed by atoms with Gasteiger partial charge in [-0.3, -0.25) is 4.79 Å². The summed E-state index contributed by atoms with van der Waals surface area (Å²) in [5, 5.41) is 0. The summed E-state index contributed by atoms with van der Waals surface area (Å²) < 4.78 is 40.1. The van der Waals surface area contributed by atoms with Crippen LogP contribution in [0.3, 0.4) is 0 Å². The minimum Gasteiger partial charge on any atom is -0.335 e. The van der Waals surface area contributed by atoms with Gasteiger partial charge >= 0.3 is 6.18 Å². The second-order valence-corrected chi connectivity index (χ2v) is 7.98. The summed E-state index contributed by atoms with van der Waals surface area (Å²) in [5.74, 6) is 1.75. The Balaban J connectivity index is 1.70. The second kappa shape index (κ2) is 8.37. The summed E-state index contributed by atoms with van der Waals surface area (Å²) in [7, 11) is 0. The maximum Gasteiger partial charge on any atom is 0.416 e. The highest BCUT2D eigenvalue weighted by molar-refractivity contribution is 5.76. The Kier molecular flexibility index (Phi) is 6.10. The van der Waals surface area contributed by atoms with Gasteiger partial charge in [-0.25, -0.2) is 4.98 Å². The van der Waals surface area contributed by atoms with Crippen LogP contribution in [0.15, 0.2) is 36.7 Å². The van der Waals surface area contributed by atoms with E-state index in [-0.39, 0.29) is 5.91 Å². The van der Waals surface area contributed by atoms with Crippen LogP contribution in [0, 0.1) is 11.8 Å². The lowest BCUT2D eigenvalue weighted by molar-refractivity contribution is -0.137. The molecule has 1 aromatic heterocycles. The number of carbonyl (C=O) groups excluding carboxylic acids is 1. The Bertz CT molecular complexity index is 792. The lowest BCUT2D eigenvalue weighted by atomic mass is 10.1. The number of alkyl halides is 3. The first-order valence-electron chi connectivity index (χ1n) is 9.66. The van der Waals surface area contributed by atoms with Gasteiger partial charge in [-0.05, 0) is 42.4 Å². The Morgan fingerprint density at radius 2 is 1.93 bits per heavy atom. The third kappa shape index (κ3) is 5.59. The van der Waals surface area contributed by atoms with Gasteiger partial charge < -0.3 is 9.47 Å². The van der Waals surface area contributed by atoms with Gasteiger partial charge in [0.2, 0.25) is 5.91 Å². The molecule has 2 aromatic rings. The SMILES string of the molecule is CC(C)CC(=O)N(Cc1nccn1Cc1ccc(C(F)(F)F)cc1)CC1CC1. The Labute approximate surface area is 163 Å². The van der Waals surface area contributed by atoms with Gasteiger partial charge in [-0.2, -0.15) is 13.2 Å². The summed E-state index contributed by atoms with van der Waals surface area (Å²) in [5.41, 5.74) is 0.103. The van der Waals surface area contributed by atoms with Crippen LogP contribution < -0.4 is 0 Å². The molecule has 0 N–H and O–H groups in total. The summed E-state index contributed by atoms with van der Waals surface area (Å²) in [4.78, 5) is 18.9. The van der Waals surface area contributed by atoms with Crippen LogP contribution in [0.5, 0.6) is 0 Å². The molecule has 1 aliphatic rings. The van der Waals surface area contributed by atoms with Gasteiger partial charge in [0.1, 0.15) is 5.82 Å². The van der Waals surface area contributed by atoms with Crippen LogP contribution in [-0.2, 0) is 24.1 Å². The Hall–Kier alpha value is -2.31. The van der Waals surface area contributed by atoms with E-state index in [4.69, 9.17) is 0 Å². The van der Waals surface area contributed by atoms with E-state index in [9.17, 15) is 18.0 Å². The van der Waals surface area contributed by atoms with Crippen LogP contribution in [0.25, 0.3) is 0 Å². The van der Waals surface area contributed by atoms with Gasteiger partial charge in [-0.1, -0.05) is 26.0 Å². The highest BCUT2D eigenvalue weighted by Crippen LogP contribution is 2.31. The smallest absolute Gasteiger partial charge is 0.335 e. The molecule has 0 atom stereocenters. The normalized spacial score (nSPS) is 14.5. The van der Waals surface area contributed by atoms with Gasteiger partial charge in [0.15, 0.2) is 0 Å². The second-order valence-electron chi connectivity index (χ2n) is 7.98. The molecule has 0 unspecified atom stereocenters. The number of benzene rings is 1. The molecule has 4 nitrogen and oxygen atoms in total. The van der Waals surface area contributed by atoms with Crippen molar-refractivity contribution in [2.75, 3.05) is 6.54 Å². The fraction of sp³-hybridized carbons (Fsp3) is 0.524. The molecule has 0 aliphatic heterocycles. The minimum absolute atomic E-state index is 0.131. The number of hydrogen-bond donors (Lipinski definition) is 0. The lowest BCUT2D eigenvalue weighted by Crippen LogP contribution is -2.34. The molecule has 0 spiro atoms. The number of rotatable bonds is 8. The average molecular weight is 393 g/mol. The molecule has 1 amide bonds. The molecule has 1 aromatic carbocycles. The molecule has 28 heavy (non-hydrogen) atoms. The van der Waals surface area contributed by atoms with Gasteiger partial charge in [0.25, 0.3) is 0 Å². The summed E-state index contributed by atoms with van der Waals surface area (Å²) in [6, 6.07) is 5.16. The first-order valence-corrected chi connectivity index (χ1v) is 9.66. The maximum absolute atomic E-state index is 12.7. The lowest BCUT2D eigenvalue weighted by Gasteiger charge is -2.24. The molecule has 0 radical (unpaired) electrons. The Morgan fingerprint density at radius 3 is 2.50 bits per heavy atom. The predicted octanol–water partition coefficient (Wildman–Crippen LogP) is 4.73. The fourth-order valence-electron chi connectivity index (χ4n) is 3.15. The van der Waals surface area contributed by atoms with E-state index >= 15 is 0 Å². The van der Waals surface area contributed by atoms with E-state index in [2.05, 4.69) is 4.98 Å². The number of nitrogens with zero attached hydrogens (tertiary/aromatic N) is 3. The first kappa shape index (κ1) is 20.4. The van der Waals surface area contributed by atoms with Crippen molar-refractivity contribution in [3.05, 3.63) is 53.6 Å². The number of imidazole rings is 1. The van der Waals surface area contributed by atoms with Crippen molar-refractivity contribution in [2.24, 2.45) is 11.8 Å². The van der Waals surface area contributed by atoms with Crippen LogP contribution in [0.1, 0.15) is 50.1 Å². The van der Waals surface area contributed by atoms with Crippen LogP contribution in [-0.4, -0.2) is 26.9 Å². The van der Waals surface area contributed by atoms with Crippen LogP contribution >= 0.6 is 0 Å². The zero-order valence-electron chi connectivity index (χ0n) is 16.2. The zero-order chi connectivity index (χ0) is 20.3. The van der Waals surface area contributed by atoms with E-state index in [1.807, 2.05) is 23.3 Å². The van der Waals surface area contributed by atoms with Crippen LogP contribution in [0.2, 0.25) is 0 Å². The quantitative estimate of drug-likeness (QED) is 0.650. The summed E-state index contributed by atoms with van der Waals surface area (Å²) in [6.07, 6.45) is 1.96. The number of halogens is 3. The van der Waals surface area contributed by atoms with Crippen molar-refractivity contribution < 1.29 is 18.0 Å². The molecule has 1 heterocycles. The van der Waals surface area contributed by atoms with E-state index in [1.165, 1.54) is 12.1 Å². The highest BCUT2D eigenvalue weighted by Gasteiger charge is 2.30. The predicted molar refractivity (Wildman–Crippen MR) is 100 cm³/mol. The van der Waals surface area contributed by atoms with E-state index in [1.54, 1.807) is 12.4 Å². The minimum atomic E-state index is -4.33. The monoisotopic (exact) mass is 393 g/mol. The van der Waals surface area contributed by atoms with Crippen molar-refractivity contribution in [1.29, 1.82) is 0 Å². The third-order valence-corrected chi connectivity index (χ3v) is 4.88. The fourth-order valence-corrected chi connectivity index (χ4v) is 3.15. The van der Waals surface area contributed by atoms with Crippen molar-refractivity contribution in [3.63, 3.8) is 0 Å². The Morgan fingerprint density at radius 1 is 1.25 bits per heavy atom. The summed E-state index contributed by atoms with van der Waals surface area (Å²) >= 11 is 0. The van der Waals surface area contributed by atoms with Crippen molar-refractivity contribution in [3.8, 4) is 0 Å². The van der Waals surface area contributed by atoms with Gasteiger partial charge in [0.05, 0.1) is 12.1 Å². The molecular weight excluding hydrogens is 367 g/mol. The van der Waals surface area contributed by atoms with Crippen molar-refractivity contribution >= 4 is 5.91 Å². The molecule has 3 rings (SSSR count). The molecule has 0 saturated heterocycles. The standard InChI is InChI=1S/C21H26F3N3O/c1-15(2)11-20(28)27(13-16-3-4-16)14-19-25-9-10-26(19)12-17-5-7-18(8-6-17)21(22,23)24/h5-10,15-16H,3-4,11-14H2,1-2H3. The summed E-state index contributed by atoms with van der Waals surface area (Å²) in [6.45, 7) is 5.65. The molecule has 1 aliphatic carbocycles. The van der Waals surface area contributed by atoms with E-state index in [0.29, 0.717) is 31.3 Å². The number of amides is 1. The molecule has 1 fully saturated rings. The highest BCUT2D eigenvalue weighted by atomic mass is 19.4. The molecular formula is C21H26F3N3O. The van der Waals surface area contributed by atoms with Crippen LogP contribution in [0.4, 0.5) is 13.2 Å². The molecule has 7 heteroatoms. The van der Waals surface area contributed by atoms with Gasteiger partial charge in [0, 0.05) is 31.9 Å². The zero-order valence-corrected chi connectivity index (χ0v) is 16.2. The maximum atomic E-state index is 12.7. The number of hydrogen-bond acceptors (Lipinski definition) is 2. The van der Waals surface area contributed by atoms with E-state index < -0.39 is 11.7 Å². The van der Waals surface area contributed by atoms with Gasteiger partial charge in [-0.15, -0.1) is 0 Å². The number of carbonyl (C=O) groups is 1. The first-order chi connectivity index (χ1) is 13.2. The van der Waals surface area contributed by atoms with E-state index in [0.717, 1.165) is 42.9 Å². The number of aromatic nitrogens is 2. The molecule has 0 bridgehead atoms. The molecule has 152 valence electrons. The topological polar surface area (TPSA) is 38.1 Å². The largest absolute Gasteiger partial charge is 0.416 e. The molecule has 1 saturated carbocycles.